The maximum atomic E-state index is 5.70. The van der Waals surface area contributed by atoms with E-state index in [1.165, 1.54) is 6.42 Å². The second-order valence-corrected chi connectivity index (χ2v) is 6.20. The van der Waals surface area contributed by atoms with E-state index in [1.54, 1.807) is 26.0 Å². The highest BCUT2D eigenvalue weighted by Gasteiger charge is 2.19. The molecule has 0 saturated carbocycles. The summed E-state index contributed by atoms with van der Waals surface area (Å²) >= 11 is 1.66. The molecule has 2 rings (SSSR count). The van der Waals surface area contributed by atoms with Gasteiger partial charge in [-0.15, -0.1) is 11.8 Å². The van der Waals surface area contributed by atoms with Gasteiger partial charge in [0.05, 0.1) is 25.2 Å². The Morgan fingerprint density at radius 2 is 2.05 bits per heavy atom. The first-order chi connectivity index (χ1) is 10.2. The van der Waals surface area contributed by atoms with Crippen LogP contribution in [-0.4, -0.2) is 51.7 Å². The Morgan fingerprint density at radius 3 is 2.62 bits per heavy atom. The molecule has 1 heterocycles. The van der Waals surface area contributed by atoms with Crippen molar-refractivity contribution >= 4 is 11.8 Å². The lowest BCUT2D eigenvalue weighted by molar-refractivity contribution is 0.0791. The molecule has 118 valence electrons. The highest BCUT2D eigenvalue weighted by molar-refractivity contribution is 7.98. The van der Waals surface area contributed by atoms with E-state index >= 15 is 0 Å². The van der Waals surface area contributed by atoms with Gasteiger partial charge >= 0.3 is 0 Å². The van der Waals surface area contributed by atoms with Crippen LogP contribution in [0.4, 0.5) is 0 Å². The van der Waals surface area contributed by atoms with Crippen LogP contribution in [0.1, 0.15) is 18.4 Å². The first kappa shape index (κ1) is 16.5. The number of nitrogens with zero attached hydrogens (tertiary/aromatic N) is 1. The molecular formula is C16H25NO3S. The van der Waals surface area contributed by atoms with Gasteiger partial charge < -0.3 is 14.2 Å². The van der Waals surface area contributed by atoms with Crippen molar-refractivity contribution in [2.24, 2.45) is 0 Å². The molecule has 1 aromatic carbocycles. The van der Waals surface area contributed by atoms with Crippen LogP contribution in [0.5, 0.6) is 11.5 Å². The van der Waals surface area contributed by atoms with Crippen LogP contribution in [0, 0.1) is 0 Å². The second kappa shape index (κ2) is 7.92. The molecule has 1 unspecified atom stereocenters. The van der Waals surface area contributed by atoms with Crippen molar-refractivity contribution in [2.75, 3.05) is 40.7 Å². The van der Waals surface area contributed by atoms with E-state index in [0.29, 0.717) is 6.10 Å². The molecule has 0 bridgehead atoms. The molecule has 0 spiro atoms. The number of benzene rings is 1. The van der Waals surface area contributed by atoms with Gasteiger partial charge in [-0.1, -0.05) is 0 Å². The molecular weight excluding hydrogens is 286 g/mol. The molecule has 0 aliphatic carbocycles. The topological polar surface area (TPSA) is 30.9 Å². The van der Waals surface area contributed by atoms with Crippen LogP contribution in [0.15, 0.2) is 17.0 Å². The zero-order chi connectivity index (χ0) is 15.2. The minimum absolute atomic E-state index is 0.369. The van der Waals surface area contributed by atoms with Crippen LogP contribution in [0.25, 0.3) is 0 Å². The SMILES string of the molecule is COc1cc(SC)c(OC)cc1CN(C)CC1CCCO1. The van der Waals surface area contributed by atoms with E-state index in [0.717, 1.165) is 48.1 Å². The zero-order valence-corrected chi connectivity index (χ0v) is 14.2. The fraction of sp³-hybridized carbons (Fsp3) is 0.625. The summed E-state index contributed by atoms with van der Waals surface area (Å²) < 4.78 is 16.7. The van der Waals surface area contributed by atoms with Gasteiger partial charge in [0.15, 0.2) is 0 Å². The van der Waals surface area contributed by atoms with Crippen LogP contribution >= 0.6 is 11.8 Å². The standard InChI is InChI=1S/C16H25NO3S/c1-17(11-13-6-5-7-20-13)10-12-8-15(19-3)16(21-4)9-14(12)18-2/h8-9,13H,5-7,10-11H2,1-4H3. The van der Waals surface area contributed by atoms with Gasteiger partial charge in [-0.25, -0.2) is 0 Å². The molecule has 1 aliphatic rings. The van der Waals surface area contributed by atoms with Crippen molar-refractivity contribution in [1.82, 2.24) is 4.90 Å². The molecule has 0 aromatic heterocycles. The Morgan fingerprint density at radius 1 is 1.29 bits per heavy atom. The van der Waals surface area contributed by atoms with Crippen LogP contribution in [0.2, 0.25) is 0 Å². The molecule has 0 radical (unpaired) electrons. The highest BCUT2D eigenvalue weighted by atomic mass is 32.2. The van der Waals surface area contributed by atoms with Gasteiger partial charge in [0.2, 0.25) is 0 Å². The van der Waals surface area contributed by atoms with Crippen molar-refractivity contribution in [1.29, 1.82) is 0 Å². The zero-order valence-electron chi connectivity index (χ0n) is 13.3. The number of rotatable bonds is 7. The van der Waals surface area contributed by atoms with Gasteiger partial charge in [0, 0.05) is 25.3 Å². The normalized spacial score (nSPS) is 18.2. The Balaban J connectivity index is 2.09. The van der Waals surface area contributed by atoms with Gasteiger partial charge in [0.25, 0.3) is 0 Å². The van der Waals surface area contributed by atoms with E-state index in [9.17, 15) is 0 Å². The summed E-state index contributed by atoms with van der Waals surface area (Å²) in [4.78, 5) is 3.38. The maximum Gasteiger partial charge on any atom is 0.132 e. The molecule has 0 N–H and O–H groups in total. The maximum absolute atomic E-state index is 5.70. The van der Waals surface area contributed by atoms with Gasteiger partial charge in [0.1, 0.15) is 11.5 Å². The lowest BCUT2D eigenvalue weighted by atomic mass is 10.1. The number of thioether (sulfide) groups is 1. The average Bonchev–Trinajstić information content (AvgIpc) is 2.99. The summed E-state index contributed by atoms with van der Waals surface area (Å²) in [5.41, 5.74) is 1.15. The fourth-order valence-electron chi connectivity index (χ4n) is 2.71. The van der Waals surface area contributed by atoms with Gasteiger partial charge in [-0.2, -0.15) is 0 Å². The summed E-state index contributed by atoms with van der Waals surface area (Å²) in [7, 11) is 5.55. The lowest BCUT2D eigenvalue weighted by Crippen LogP contribution is -2.28. The molecule has 1 saturated heterocycles. The number of ether oxygens (including phenoxy) is 3. The van der Waals surface area contributed by atoms with Crippen LogP contribution in [0.3, 0.4) is 0 Å². The van der Waals surface area contributed by atoms with Crippen LogP contribution in [-0.2, 0) is 11.3 Å². The third-order valence-corrected chi connectivity index (χ3v) is 4.53. The Hall–Kier alpha value is -0.910. The number of methoxy groups -OCH3 is 2. The summed E-state index contributed by atoms with van der Waals surface area (Å²) in [5, 5.41) is 0. The van der Waals surface area contributed by atoms with Crippen molar-refractivity contribution in [2.45, 2.75) is 30.4 Å². The molecule has 4 nitrogen and oxygen atoms in total. The Labute approximate surface area is 131 Å². The molecule has 1 fully saturated rings. The lowest BCUT2D eigenvalue weighted by Gasteiger charge is -2.22. The van der Waals surface area contributed by atoms with Gasteiger partial charge in [-0.3, -0.25) is 4.90 Å². The number of likely N-dealkylation sites (N-methyl/N-ethyl adjacent to an activating group) is 1. The predicted molar refractivity (Wildman–Crippen MR) is 86.6 cm³/mol. The quantitative estimate of drug-likeness (QED) is 0.722. The van der Waals surface area contributed by atoms with E-state index in [2.05, 4.69) is 24.1 Å². The van der Waals surface area contributed by atoms with Crippen molar-refractivity contribution in [3.05, 3.63) is 17.7 Å². The van der Waals surface area contributed by atoms with Gasteiger partial charge in [-0.05, 0) is 38.3 Å². The molecule has 1 aliphatic heterocycles. The first-order valence-electron chi connectivity index (χ1n) is 7.27. The molecule has 1 aromatic rings. The summed E-state index contributed by atoms with van der Waals surface area (Å²) in [6.45, 7) is 2.68. The van der Waals surface area contributed by atoms with Crippen molar-refractivity contribution in [3.63, 3.8) is 0 Å². The van der Waals surface area contributed by atoms with Crippen molar-refractivity contribution < 1.29 is 14.2 Å². The van der Waals surface area contributed by atoms with E-state index in [-0.39, 0.29) is 0 Å². The van der Waals surface area contributed by atoms with E-state index in [1.807, 2.05) is 6.26 Å². The largest absolute Gasteiger partial charge is 0.496 e. The second-order valence-electron chi connectivity index (χ2n) is 5.35. The Bertz CT molecular complexity index is 461. The third-order valence-electron chi connectivity index (χ3n) is 3.77. The third kappa shape index (κ3) is 4.28. The number of hydrogen-bond donors (Lipinski definition) is 0. The van der Waals surface area contributed by atoms with E-state index in [4.69, 9.17) is 14.2 Å². The average molecular weight is 311 g/mol. The minimum atomic E-state index is 0.369. The first-order valence-corrected chi connectivity index (χ1v) is 8.49. The molecule has 5 heteroatoms. The van der Waals surface area contributed by atoms with E-state index < -0.39 is 0 Å². The fourth-order valence-corrected chi connectivity index (χ4v) is 3.28. The minimum Gasteiger partial charge on any atom is -0.496 e. The predicted octanol–water partition coefficient (Wildman–Crippen LogP) is 3.04. The van der Waals surface area contributed by atoms with Crippen LogP contribution < -0.4 is 9.47 Å². The number of hydrogen-bond acceptors (Lipinski definition) is 5. The summed E-state index contributed by atoms with van der Waals surface area (Å²) in [5.74, 6) is 1.82. The molecule has 1 atom stereocenters. The smallest absolute Gasteiger partial charge is 0.132 e. The molecule has 21 heavy (non-hydrogen) atoms. The monoisotopic (exact) mass is 311 g/mol. The summed E-state index contributed by atoms with van der Waals surface area (Å²) in [6.07, 6.45) is 4.75. The summed E-state index contributed by atoms with van der Waals surface area (Å²) in [6, 6.07) is 4.13. The molecule has 0 amide bonds. The van der Waals surface area contributed by atoms with Crippen molar-refractivity contribution in [3.8, 4) is 11.5 Å². The highest BCUT2D eigenvalue weighted by Crippen LogP contribution is 2.35. The Kier molecular flexibility index (Phi) is 6.21.